The topological polar surface area (TPSA) is 0 Å². The van der Waals surface area contributed by atoms with E-state index in [1.165, 1.54) is 12.8 Å². The smallest absolute Gasteiger partial charge is 0.0228 e. The van der Waals surface area contributed by atoms with Gasteiger partial charge in [-0.15, -0.1) is 0 Å². The number of hydrogen-bond donors (Lipinski definition) is 0. The van der Waals surface area contributed by atoms with Crippen LogP contribution in [0.15, 0.2) is 0 Å². The van der Waals surface area contributed by atoms with E-state index in [0.717, 1.165) is 0 Å². The summed E-state index contributed by atoms with van der Waals surface area (Å²) in [6.07, 6.45) is 4.96. The first kappa shape index (κ1) is 9.57. The second-order valence-electron chi connectivity index (χ2n) is 5.17. The Bertz CT molecular complexity index is 147. The maximum Gasteiger partial charge on any atom is 0.0228 e. The second-order valence-corrected chi connectivity index (χ2v) is 6.16. The van der Waals surface area contributed by atoms with Gasteiger partial charge in [-0.1, -0.05) is 43.6 Å². The van der Waals surface area contributed by atoms with Gasteiger partial charge in [0.25, 0.3) is 0 Å². The van der Waals surface area contributed by atoms with Crippen molar-refractivity contribution >= 4 is 15.9 Å². The Labute approximate surface area is 78.9 Å². The summed E-state index contributed by atoms with van der Waals surface area (Å²) in [5.74, 6) is 0. The monoisotopic (exact) mass is 217 g/mol. The predicted molar refractivity (Wildman–Crippen MR) is 53.8 cm³/mol. The van der Waals surface area contributed by atoms with Gasteiger partial charge in [0, 0.05) is 4.83 Å². The van der Waals surface area contributed by atoms with Gasteiger partial charge in [0.15, 0.2) is 0 Å². The van der Waals surface area contributed by atoms with Crippen molar-refractivity contribution < 1.29 is 0 Å². The minimum Gasteiger partial charge on any atom is -0.0882 e. The molecule has 1 atom stereocenters. The summed E-state index contributed by atoms with van der Waals surface area (Å²) in [5.41, 5.74) is 0.940. The molecule has 0 heterocycles. The van der Waals surface area contributed by atoms with E-state index in [-0.39, 0.29) is 0 Å². The van der Waals surface area contributed by atoms with Crippen LogP contribution in [0.5, 0.6) is 0 Å². The van der Waals surface area contributed by atoms with Crippen LogP contribution in [0.2, 0.25) is 0 Å². The number of hydrogen-bond acceptors (Lipinski definition) is 0. The summed E-state index contributed by atoms with van der Waals surface area (Å²) >= 11 is 3.71. The van der Waals surface area contributed by atoms with Crippen molar-refractivity contribution in [3.8, 4) is 0 Å². The highest BCUT2D eigenvalue weighted by molar-refractivity contribution is 9.09. The van der Waals surface area contributed by atoms with Crippen LogP contribution in [0.1, 0.15) is 40.5 Å². The molecule has 0 bridgehead atoms. The molecule has 0 aromatic heterocycles. The fraction of sp³-hybridized carbons (Fsp3) is 0.900. The predicted octanol–water partition coefficient (Wildman–Crippen LogP) is 3.80. The van der Waals surface area contributed by atoms with Crippen molar-refractivity contribution in [1.82, 2.24) is 0 Å². The number of halogens is 1. The van der Waals surface area contributed by atoms with Gasteiger partial charge in [-0.2, -0.15) is 0 Å². The summed E-state index contributed by atoms with van der Waals surface area (Å²) in [7, 11) is 0. The fourth-order valence-corrected chi connectivity index (χ4v) is 2.49. The Kier molecular flexibility index (Phi) is 2.40. The average Bonchev–Trinajstić information content (AvgIpc) is 1.77. The zero-order valence-electron chi connectivity index (χ0n) is 7.95. The Morgan fingerprint density at radius 3 is 2.18 bits per heavy atom. The lowest BCUT2D eigenvalue weighted by molar-refractivity contribution is 0.159. The van der Waals surface area contributed by atoms with Gasteiger partial charge >= 0.3 is 0 Å². The molecule has 0 spiro atoms. The van der Waals surface area contributed by atoms with Crippen LogP contribution in [0, 0.1) is 17.3 Å². The molecule has 1 fully saturated rings. The molecule has 0 N–H and O–H groups in total. The van der Waals surface area contributed by atoms with E-state index in [1.54, 1.807) is 0 Å². The standard InChI is InChI=1S/C10H18Br/c1-9(2)6-5-8(11)10(3,4)7-9/h5,8H,6-7H2,1-4H3. The molecule has 1 unspecified atom stereocenters. The largest absolute Gasteiger partial charge is 0.0882 e. The SMILES string of the molecule is CC1(C)C[CH]C(Br)C(C)(C)C1. The molecule has 0 amide bonds. The second kappa shape index (κ2) is 2.76. The fourth-order valence-electron chi connectivity index (χ4n) is 2.14. The third kappa shape index (κ3) is 2.21. The van der Waals surface area contributed by atoms with Crippen LogP contribution in [0.25, 0.3) is 0 Å². The molecular weight excluding hydrogens is 200 g/mol. The van der Waals surface area contributed by atoms with Crippen LogP contribution in [0.4, 0.5) is 0 Å². The maximum atomic E-state index is 3.71. The zero-order valence-corrected chi connectivity index (χ0v) is 9.53. The van der Waals surface area contributed by atoms with E-state index >= 15 is 0 Å². The van der Waals surface area contributed by atoms with Gasteiger partial charge < -0.3 is 0 Å². The summed E-state index contributed by atoms with van der Waals surface area (Å²) in [6.45, 7) is 9.38. The van der Waals surface area contributed by atoms with Gasteiger partial charge in [-0.3, -0.25) is 0 Å². The molecule has 1 aliphatic carbocycles. The highest BCUT2D eigenvalue weighted by atomic mass is 79.9. The first-order valence-electron chi connectivity index (χ1n) is 4.31. The number of rotatable bonds is 0. The lowest BCUT2D eigenvalue weighted by Crippen LogP contribution is -2.37. The normalized spacial score (nSPS) is 35.2. The summed E-state index contributed by atoms with van der Waals surface area (Å²) in [5, 5.41) is 0. The van der Waals surface area contributed by atoms with Gasteiger partial charge in [-0.05, 0) is 30.1 Å². The van der Waals surface area contributed by atoms with Crippen LogP contribution < -0.4 is 0 Å². The van der Waals surface area contributed by atoms with E-state index in [9.17, 15) is 0 Å². The molecular formula is C10H18Br. The van der Waals surface area contributed by atoms with Crippen molar-refractivity contribution in [2.75, 3.05) is 0 Å². The summed E-state index contributed by atoms with van der Waals surface area (Å²) in [6, 6.07) is 0. The quantitative estimate of drug-likeness (QED) is 0.542. The molecule has 0 aliphatic heterocycles. The molecule has 1 saturated carbocycles. The molecule has 0 aromatic rings. The van der Waals surface area contributed by atoms with Crippen molar-refractivity contribution in [1.29, 1.82) is 0 Å². The average molecular weight is 218 g/mol. The highest BCUT2D eigenvalue weighted by Gasteiger charge is 2.38. The van der Waals surface area contributed by atoms with E-state index in [1.807, 2.05) is 0 Å². The molecule has 0 nitrogen and oxygen atoms in total. The Morgan fingerprint density at radius 1 is 1.27 bits per heavy atom. The lowest BCUT2D eigenvalue weighted by Gasteiger charge is -2.44. The lowest BCUT2D eigenvalue weighted by atomic mass is 9.65. The molecule has 1 radical (unpaired) electrons. The molecule has 11 heavy (non-hydrogen) atoms. The molecule has 65 valence electrons. The van der Waals surface area contributed by atoms with Crippen molar-refractivity contribution in [2.45, 2.75) is 45.4 Å². The third-order valence-electron chi connectivity index (χ3n) is 2.56. The van der Waals surface area contributed by atoms with Crippen LogP contribution in [0.3, 0.4) is 0 Å². The van der Waals surface area contributed by atoms with Crippen LogP contribution in [-0.2, 0) is 0 Å². The Balaban J connectivity index is 2.67. The van der Waals surface area contributed by atoms with Crippen LogP contribution in [-0.4, -0.2) is 4.83 Å². The number of alkyl halides is 1. The first-order chi connectivity index (χ1) is 4.83. The van der Waals surface area contributed by atoms with Gasteiger partial charge in [0.2, 0.25) is 0 Å². The summed E-state index contributed by atoms with van der Waals surface area (Å²) < 4.78 is 0. The third-order valence-corrected chi connectivity index (χ3v) is 4.17. The van der Waals surface area contributed by atoms with Crippen molar-refractivity contribution in [2.24, 2.45) is 10.8 Å². The van der Waals surface area contributed by atoms with E-state index in [0.29, 0.717) is 15.7 Å². The van der Waals surface area contributed by atoms with E-state index in [2.05, 4.69) is 50.0 Å². The summed E-state index contributed by atoms with van der Waals surface area (Å²) in [4.78, 5) is 0.600. The van der Waals surface area contributed by atoms with Gasteiger partial charge in [-0.25, -0.2) is 0 Å². The van der Waals surface area contributed by atoms with E-state index in [4.69, 9.17) is 0 Å². The van der Waals surface area contributed by atoms with Gasteiger partial charge in [0.1, 0.15) is 0 Å². The zero-order chi connectivity index (χ0) is 8.70. The van der Waals surface area contributed by atoms with Crippen molar-refractivity contribution in [3.63, 3.8) is 0 Å². The van der Waals surface area contributed by atoms with E-state index < -0.39 is 0 Å². The first-order valence-corrected chi connectivity index (χ1v) is 5.22. The highest BCUT2D eigenvalue weighted by Crippen LogP contribution is 2.47. The molecule has 0 aromatic carbocycles. The Morgan fingerprint density at radius 2 is 1.82 bits per heavy atom. The Hall–Kier alpha value is 0.480. The van der Waals surface area contributed by atoms with Crippen molar-refractivity contribution in [3.05, 3.63) is 6.42 Å². The van der Waals surface area contributed by atoms with Gasteiger partial charge in [0.05, 0.1) is 0 Å². The molecule has 1 aliphatic rings. The molecule has 1 heteroatoms. The maximum absolute atomic E-state index is 3.71. The molecule has 0 saturated heterocycles. The molecule has 1 rings (SSSR count). The van der Waals surface area contributed by atoms with Crippen LogP contribution >= 0.6 is 15.9 Å². The minimum absolute atomic E-state index is 0.432. The minimum atomic E-state index is 0.432.